The van der Waals surface area contributed by atoms with E-state index in [4.69, 9.17) is 35.4 Å². The third-order valence-corrected chi connectivity index (χ3v) is 3.67. The summed E-state index contributed by atoms with van der Waals surface area (Å²) in [6, 6.07) is 12.8. The Bertz CT molecular complexity index is 758. The number of thiocarbonyl (C=S) groups is 1. The van der Waals surface area contributed by atoms with E-state index in [1.807, 2.05) is 31.2 Å². The molecule has 2 aromatic rings. The van der Waals surface area contributed by atoms with Gasteiger partial charge in [-0.1, -0.05) is 53.0 Å². The number of carbonyl (C=O) groups is 1. The largest absolute Gasteiger partial charge is 0.331 e. The molecule has 0 radical (unpaired) electrons. The Morgan fingerprint density at radius 2 is 1.83 bits per heavy atom. The monoisotopic (exact) mass is 364 g/mol. The molecule has 0 atom stereocenters. The Balaban J connectivity index is 1.91. The Morgan fingerprint density at radius 3 is 2.48 bits per heavy atom. The molecule has 0 saturated heterocycles. The number of carbonyl (C=O) groups excluding carboxylic acids is 1. The van der Waals surface area contributed by atoms with Crippen LogP contribution in [0.25, 0.3) is 6.08 Å². The van der Waals surface area contributed by atoms with Crippen molar-refractivity contribution < 1.29 is 4.79 Å². The zero-order valence-electron chi connectivity index (χ0n) is 12.3. The molecule has 2 rings (SSSR count). The second-order valence-electron chi connectivity index (χ2n) is 4.81. The third kappa shape index (κ3) is 5.67. The van der Waals surface area contributed by atoms with Crippen LogP contribution in [-0.2, 0) is 4.79 Å². The first-order valence-corrected chi connectivity index (χ1v) is 7.92. The molecule has 0 spiro atoms. The molecule has 0 unspecified atom stereocenters. The quantitative estimate of drug-likeness (QED) is 0.605. The minimum atomic E-state index is -0.326. The maximum Gasteiger partial charge on any atom is 0.250 e. The number of anilines is 1. The minimum absolute atomic E-state index is 0.160. The molecule has 3 nitrogen and oxygen atoms in total. The highest BCUT2D eigenvalue weighted by atomic mass is 35.5. The summed E-state index contributed by atoms with van der Waals surface area (Å²) in [4.78, 5) is 11.8. The summed E-state index contributed by atoms with van der Waals surface area (Å²) in [6.45, 7) is 2.01. The van der Waals surface area contributed by atoms with Crippen molar-refractivity contribution >= 4 is 58.2 Å². The second-order valence-corrected chi connectivity index (χ2v) is 6.06. The van der Waals surface area contributed by atoms with Crippen LogP contribution in [0.5, 0.6) is 0 Å². The van der Waals surface area contributed by atoms with Gasteiger partial charge in [0.25, 0.3) is 0 Å². The SMILES string of the molecule is Cc1ccc(/C=C/C(=O)NC(=S)Nc2ccc(Cl)cc2Cl)cc1. The number of halogens is 2. The molecule has 0 fully saturated rings. The first-order chi connectivity index (χ1) is 10.9. The molecule has 2 aromatic carbocycles. The summed E-state index contributed by atoms with van der Waals surface area (Å²) in [6.07, 6.45) is 3.13. The van der Waals surface area contributed by atoms with Gasteiger partial charge in [0, 0.05) is 11.1 Å². The van der Waals surface area contributed by atoms with Gasteiger partial charge in [-0.15, -0.1) is 0 Å². The number of amides is 1. The number of hydrogen-bond donors (Lipinski definition) is 2. The predicted molar refractivity (Wildman–Crippen MR) is 101 cm³/mol. The van der Waals surface area contributed by atoms with Gasteiger partial charge in [0.1, 0.15) is 0 Å². The van der Waals surface area contributed by atoms with Gasteiger partial charge in [-0.2, -0.15) is 0 Å². The van der Waals surface area contributed by atoms with Crippen LogP contribution in [0.2, 0.25) is 10.0 Å². The van der Waals surface area contributed by atoms with Crippen molar-refractivity contribution in [2.45, 2.75) is 6.92 Å². The molecule has 0 saturated carbocycles. The van der Waals surface area contributed by atoms with Crippen molar-refractivity contribution in [3.05, 3.63) is 69.7 Å². The standard InChI is InChI=1S/C17H14Cl2N2OS/c1-11-2-4-12(5-3-11)6-9-16(22)21-17(23)20-15-8-7-13(18)10-14(15)19/h2-10H,1H3,(H2,20,21,22,23)/b9-6+. The summed E-state index contributed by atoms with van der Waals surface area (Å²) in [5.41, 5.74) is 2.67. The minimum Gasteiger partial charge on any atom is -0.331 e. The topological polar surface area (TPSA) is 41.1 Å². The lowest BCUT2D eigenvalue weighted by Gasteiger charge is -2.09. The Labute approximate surface area is 150 Å². The van der Waals surface area contributed by atoms with Crippen LogP contribution in [0.4, 0.5) is 5.69 Å². The van der Waals surface area contributed by atoms with Crippen molar-refractivity contribution in [1.82, 2.24) is 5.32 Å². The molecule has 0 aromatic heterocycles. The number of benzene rings is 2. The maximum atomic E-state index is 11.8. The molecule has 6 heteroatoms. The highest BCUT2D eigenvalue weighted by Gasteiger charge is 2.05. The van der Waals surface area contributed by atoms with Crippen LogP contribution < -0.4 is 10.6 Å². The van der Waals surface area contributed by atoms with Crippen LogP contribution in [0.3, 0.4) is 0 Å². The van der Waals surface area contributed by atoms with E-state index in [0.29, 0.717) is 15.7 Å². The van der Waals surface area contributed by atoms with Crippen molar-refractivity contribution in [2.24, 2.45) is 0 Å². The van der Waals surface area contributed by atoms with E-state index >= 15 is 0 Å². The highest BCUT2D eigenvalue weighted by molar-refractivity contribution is 7.80. The Morgan fingerprint density at radius 1 is 1.13 bits per heavy atom. The maximum absolute atomic E-state index is 11.8. The Hall–Kier alpha value is -1.88. The summed E-state index contributed by atoms with van der Waals surface area (Å²) < 4.78 is 0. The van der Waals surface area contributed by atoms with E-state index in [9.17, 15) is 4.79 Å². The number of hydrogen-bond acceptors (Lipinski definition) is 2. The lowest BCUT2D eigenvalue weighted by Crippen LogP contribution is -2.32. The van der Waals surface area contributed by atoms with Crippen molar-refractivity contribution in [3.8, 4) is 0 Å². The lowest BCUT2D eigenvalue weighted by molar-refractivity contribution is -0.115. The average Bonchev–Trinajstić information content (AvgIpc) is 2.49. The molecule has 1 amide bonds. The van der Waals surface area contributed by atoms with Crippen molar-refractivity contribution in [1.29, 1.82) is 0 Å². The van der Waals surface area contributed by atoms with Gasteiger partial charge < -0.3 is 5.32 Å². The Kier molecular flexibility index (Phi) is 6.16. The summed E-state index contributed by atoms with van der Waals surface area (Å²) >= 11 is 16.9. The normalized spacial score (nSPS) is 10.6. The number of rotatable bonds is 3. The fraction of sp³-hybridized carbons (Fsp3) is 0.0588. The van der Waals surface area contributed by atoms with Gasteiger partial charge in [0.2, 0.25) is 5.91 Å². The number of nitrogens with one attached hydrogen (secondary N) is 2. The molecule has 23 heavy (non-hydrogen) atoms. The van der Waals surface area contributed by atoms with E-state index in [-0.39, 0.29) is 11.0 Å². The van der Waals surface area contributed by atoms with E-state index in [1.54, 1.807) is 24.3 Å². The highest BCUT2D eigenvalue weighted by Crippen LogP contribution is 2.25. The first kappa shape index (κ1) is 17.5. The van der Waals surface area contributed by atoms with Gasteiger partial charge in [-0.3, -0.25) is 10.1 Å². The van der Waals surface area contributed by atoms with Crippen LogP contribution in [0.15, 0.2) is 48.5 Å². The van der Waals surface area contributed by atoms with Gasteiger partial charge in [0.05, 0.1) is 10.7 Å². The second kappa shape index (κ2) is 8.11. The van der Waals surface area contributed by atoms with E-state index in [2.05, 4.69) is 10.6 Å². The van der Waals surface area contributed by atoms with Gasteiger partial charge in [-0.25, -0.2) is 0 Å². The summed E-state index contributed by atoms with van der Waals surface area (Å²) in [5, 5.41) is 6.51. The molecule has 0 aliphatic carbocycles. The fourth-order valence-corrected chi connectivity index (χ4v) is 2.41. The zero-order chi connectivity index (χ0) is 16.8. The molecule has 0 heterocycles. The molecule has 0 bridgehead atoms. The smallest absolute Gasteiger partial charge is 0.250 e. The van der Waals surface area contributed by atoms with Crippen LogP contribution in [0, 0.1) is 6.92 Å². The van der Waals surface area contributed by atoms with Crippen molar-refractivity contribution in [2.75, 3.05) is 5.32 Å². The van der Waals surface area contributed by atoms with Crippen LogP contribution >= 0.6 is 35.4 Å². The third-order valence-electron chi connectivity index (χ3n) is 2.92. The van der Waals surface area contributed by atoms with Crippen molar-refractivity contribution in [3.63, 3.8) is 0 Å². The molecule has 2 N–H and O–H groups in total. The first-order valence-electron chi connectivity index (χ1n) is 6.76. The number of aryl methyl sites for hydroxylation is 1. The molecule has 118 valence electrons. The van der Waals surface area contributed by atoms with Crippen LogP contribution in [-0.4, -0.2) is 11.0 Å². The van der Waals surface area contributed by atoms with E-state index in [1.165, 1.54) is 6.08 Å². The van der Waals surface area contributed by atoms with Gasteiger partial charge in [0.15, 0.2) is 5.11 Å². The summed E-state index contributed by atoms with van der Waals surface area (Å²) in [7, 11) is 0. The van der Waals surface area contributed by atoms with Gasteiger partial charge in [-0.05, 0) is 49.0 Å². The fourth-order valence-electron chi connectivity index (χ4n) is 1.75. The zero-order valence-corrected chi connectivity index (χ0v) is 14.6. The average molecular weight is 365 g/mol. The lowest BCUT2D eigenvalue weighted by atomic mass is 10.1. The molecule has 0 aliphatic heterocycles. The molecule has 0 aliphatic rings. The van der Waals surface area contributed by atoms with Gasteiger partial charge >= 0.3 is 0 Å². The molecular formula is C17H14Cl2N2OS. The van der Waals surface area contributed by atoms with Crippen LogP contribution in [0.1, 0.15) is 11.1 Å². The summed E-state index contributed by atoms with van der Waals surface area (Å²) in [5.74, 6) is -0.326. The van der Waals surface area contributed by atoms with E-state index < -0.39 is 0 Å². The molecular weight excluding hydrogens is 351 g/mol. The van der Waals surface area contributed by atoms with E-state index in [0.717, 1.165) is 11.1 Å². The predicted octanol–water partition coefficient (Wildman–Crippen LogP) is 4.83.